The summed E-state index contributed by atoms with van der Waals surface area (Å²) in [5.74, 6) is -0.273. The fourth-order valence-corrected chi connectivity index (χ4v) is 2.62. The minimum absolute atomic E-state index is 0.110. The van der Waals surface area contributed by atoms with Gasteiger partial charge in [-0.15, -0.1) is 0 Å². The Kier molecular flexibility index (Phi) is 4.13. The van der Waals surface area contributed by atoms with Gasteiger partial charge in [0.1, 0.15) is 5.75 Å². The maximum atomic E-state index is 12.4. The summed E-state index contributed by atoms with van der Waals surface area (Å²) < 4.78 is 6.89. The van der Waals surface area contributed by atoms with Crippen LogP contribution >= 0.6 is 15.9 Å². The zero-order valence-electron chi connectivity index (χ0n) is 12.3. The molecule has 1 aromatic carbocycles. The number of fused-ring (bicyclic) bond motifs is 1. The van der Waals surface area contributed by atoms with Gasteiger partial charge in [-0.05, 0) is 22.0 Å². The van der Waals surface area contributed by atoms with E-state index in [0.717, 1.165) is 0 Å². The first-order valence-corrected chi connectivity index (χ1v) is 7.42. The van der Waals surface area contributed by atoms with Crippen LogP contribution in [0.15, 0.2) is 41.1 Å². The third-order valence-electron chi connectivity index (χ3n) is 3.15. The van der Waals surface area contributed by atoms with Gasteiger partial charge in [-0.2, -0.15) is 5.10 Å². The Labute approximate surface area is 143 Å². The number of benzene rings is 1. The van der Waals surface area contributed by atoms with Gasteiger partial charge in [0, 0.05) is 24.5 Å². The van der Waals surface area contributed by atoms with Crippen molar-refractivity contribution in [2.75, 3.05) is 12.4 Å². The number of halogens is 1. The molecule has 0 saturated carbocycles. The van der Waals surface area contributed by atoms with E-state index in [4.69, 9.17) is 4.74 Å². The zero-order chi connectivity index (χ0) is 17.3. The van der Waals surface area contributed by atoms with Gasteiger partial charge in [-0.25, -0.2) is 9.50 Å². The fraction of sp³-hybridized carbons (Fsp3) is 0.0714. The minimum atomic E-state index is -0.567. The minimum Gasteiger partial charge on any atom is -0.496 e. The number of hydrogen-bond acceptors (Lipinski definition) is 6. The Bertz CT molecular complexity index is 955. The van der Waals surface area contributed by atoms with E-state index in [2.05, 4.69) is 31.3 Å². The summed E-state index contributed by atoms with van der Waals surface area (Å²) in [6, 6.07) is 5.66. The summed E-state index contributed by atoms with van der Waals surface area (Å²) in [6.45, 7) is 0. The second-order valence-corrected chi connectivity index (χ2v) is 5.47. The van der Waals surface area contributed by atoms with Crippen LogP contribution in [0.2, 0.25) is 0 Å². The molecule has 1 N–H and O–H groups in total. The highest BCUT2D eigenvalue weighted by Gasteiger charge is 2.19. The molecule has 1 amide bonds. The van der Waals surface area contributed by atoms with Crippen molar-refractivity contribution in [3.8, 4) is 5.75 Å². The van der Waals surface area contributed by atoms with Crippen molar-refractivity contribution in [3.63, 3.8) is 0 Å². The molecule has 3 rings (SSSR count). The average molecular weight is 392 g/mol. The van der Waals surface area contributed by atoms with Crippen LogP contribution in [-0.4, -0.2) is 32.5 Å². The predicted octanol–water partition coefficient (Wildman–Crippen LogP) is 2.66. The summed E-state index contributed by atoms with van der Waals surface area (Å²) in [5, 5.41) is 17.7. The molecule has 2 aromatic heterocycles. The number of nitro groups is 1. The van der Waals surface area contributed by atoms with E-state index in [1.165, 1.54) is 29.8 Å². The quantitative estimate of drug-likeness (QED) is 0.540. The predicted molar refractivity (Wildman–Crippen MR) is 88.3 cm³/mol. The van der Waals surface area contributed by atoms with E-state index >= 15 is 0 Å². The lowest BCUT2D eigenvalue weighted by Crippen LogP contribution is -2.13. The molecular weight excluding hydrogens is 382 g/mol. The van der Waals surface area contributed by atoms with E-state index in [9.17, 15) is 14.9 Å². The van der Waals surface area contributed by atoms with Crippen molar-refractivity contribution in [1.82, 2.24) is 14.6 Å². The smallest absolute Gasteiger partial charge is 0.277 e. The molecule has 0 atom stereocenters. The molecule has 0 bridgehead atoms. The first-order chi connectivity index (χ1) is 11.5. The number of aromatic nitrogens is 3. The van der Waals surface area contributed by atoms with Crippen LogP contribution in [0, 0.1) is 10.1 Å². The molecule has 2 heterocycles. The Morgan fingerprint density at radius 1 is 1.42 bits per heavy atom. The van der Waals surface area contributed by atoms with E-state index in [1.807, 2.05) is 0 Å². The Hall–Kier alpha value is -3.01. The van der Waals surface area contributed by atoms with Gasteiger partial charge in [-0.1, -0.05) is 0 Å². The van der Waals surface area contributed by atoms with Crippen molar-refractivity contribution in [1.29, 1.82) is 0 Å². The van der Waals surface area contributed by atoms with Crippen molar-refractivity contribution in [2.45, 2.75) is 0 Å². The molecule has 0 aliphatic rings. The fourth-order valence-electron chi connectivity index (χ4n) is 2.07. The Balaban J connectivity index is 1.95. The summed E-state index contributed by atoms with van der Waals surface area (Å²) in [7, 11) is 1.38. The molecule has 24 heavy (non-hydrogen) atoms. The number of carbonyl (C=O) groups is 1. The van der Waals surface area contributed by atoms with Gasteiger partial charge >= 0.3 is 0 Å². The number of carbonyl (C=O) groups excluding carboxylic acids is 1. The monoisotopic (exact) mass is 391 g/mol. The highest BCUT2D eigenvalue weighted by molar-refractivity contribution is 9.10. The molecule has 3 aromatic rings. The molecule has 0 fully saturated rings. The molecule has 122 valence electrons. The molecule has 0 spiro atoms. The lowest BCUT2D eigenvalue weighted by molar-refractivity contribution is -0.384. The third-order valence-corrected chi connectivity index (χ3v) is 3.88. The van der Waals surface area contributed by atoms with Gasteiger partial charge in [-0.3, -0.25) is 14.9 Å². The largest absolute Gasteiger partial charge is 0.496 e. The van der Waals surface area contributed by atoms with Gasteiger partial charge in [0.25, 0.3) is 11.6 Å². The van der Waals surface area contributed by atoms with Crippen LogP contribution < -0.4 is 10.1 Å². The van der Waals surface area contributed by atoms with Crippen LogP contribution in [0.1, 0.15) is 10.5 Å². The highest BCUT2D eigenvalue weighted by Crippen LogP contribution is 2.27. The molecule has 0 aliphatic heterocycles. The summed E-state index contributed by atoms with van der Waals surface area (Å²) in [6.07, 6.45) is 3.23. The molecule has 0 aliphatic carbocycles. The van der Waals surface area contributed by atoms with Gasteiger partial charge in [0.2, 0.25) is 0 Å². The van der Waals surface area contributed by atoms with E-state index in [-0.39, 0.29) is 22.8 Å². The number of anilines is 1. The van der Waals surface area contributed by atoms with Gasteiger partial charge in [0.05, 0.1) is 28.3 Å². The normalized spacial score (nSPS) is 10.6. The SMILES string of the molecule is COc1cc(NC(=O)c2nn3cccnc3c2Br)cc([N+](=O)[O-])c1. The number of amides is 1. The number of non-ortho nitro benzene ring substituents is 1. The topological polar surface area (TPSA) is 112 Å². The summed E-state index contributed by atoms with van der Waals surface area (Å²) in [5.41, 5.74) is 0.627. The lowest BCUT2D eigenvalue weighted by Gasteiger charge is -2.06. The van der Waals surface area contributed by atoms with Crippen molar-refractivity contribution in [2.24, 2.45) is 0 Å². The second-order valence-electron chi connectivity index (χ2n) is 4.68. The standard InChI is InChI=1S/C14H10BrN5O4/c1-24-10-6-8(5-9(7-10)20(22)23)17-14(21)12-11(15)13-16-3-2-4-19(13)18-12/h2-7H,1H3,(H,17,21). The molecule has 0 saturated heterocycles. The average Bonchev–Trinajstić information content (AvgIpc) is 2.92. The number of ether oxygens (including phenoxy) is 1. The van der Waals surface area contributed by atoms with Crippen LogP contribution in [0.25, 0.3) is 5.65 Å². The third kappa shape index (κ3) is 2.91. The van der Waals surface area contributed by atoms with E-state index < -0.39 is 10.8 Å². The second kappa shape index (κ2) is 6.24. The molecule has 9 nitrogen and oxygen atoms in total. The molecular formula is C14H10BrN5O4. The van der Waals surface area contributed by atoms with Gasteiger partial charge < -0.3 is 10.1 Å². The number of hydrogen-bond donors (Lipinski definition) is 1. The maximum Gasteiger partial charge on any atom is 0.277 e. The first-order valence-electron chi connectivity index (χ1n) is 6.63. The molecule has 10 heteroatoms. The van der Waals surface area contributed by atoms with E-state index in [0.29, 0.717) is 10.1 Å². The lowest BCUT2D eigenvalue weighted by atomic mass is 10.2. The number of nitro benzene ring substituents is 1. The van der Waals surface area contributed by atoms with Crippen LogP contribution in [0.4, 0.5) is 11.4 Å². The van der Waals surface area contributed by atoms with Crippen molar-refractivity contribution >= 4 is 38.9 Å². The number of nitrogens with one attached hydrogen (secondary N) is 1. The highest BCUT2D eigenvalue weighted by atomic mass is 79.9. The number of nitrogens with zero attached hydrogens (tertiary/aromatic N) is 4. The zero-order valence-corrected chi connectivity index (χ0v) is 13.8. The van der Waals surface area contributed by atoms with Crippen molar-refractivity contribution in [3.05, 3.63) is 56.9 Å². The van der Waals surface area contributed by atoms with Crippen LogP contribution in [0.5, 0.6) is 5.75 Å². The van der Waals surface area contributed by atoms with E-state index in [1.54, 1.807) is 18.5 Å². The van der Waals surface area contributed by atoms with Gasteiger partial charge in [0.15, 0.2) is 11.3 Å². The summed E-state index contributed by atoms with van der Waals surface area (Å²) >= 11 is 3.29. The number of rotatable bonds is 4. The molecule has 0 radical (unpaired) electrons. The number of methoxy groups -OCH3 is 1. The van der Waals surface area contributed by atoms with Crippen molar-refractivity contribution < 1.29 is 14.5 Å². The molecule has 0 unspecified atom stereocenters. The maximum absolute atomic E-state index is 12.4. The first kappa shape index (κ1) is 15.9. The Morgan fingerprint density at radius 3 is 2.88 bits per heavy atom. The summed E-state index contributed by atoms with van der Waals surface area (Å²) in [4.78, 5) is 26.9. The Morgan fingerprint density at radius 2 is 2.21 bits per heavy atom. The van der Waals surface area contributed by atoms with Crippen LogP contribution in [0.3, 0.4) is 0 Å². The van der Waals surface area contributed by atoms with Crippen LogP contribution in [-0.2, 0) is 0 Å².